The summed E-state index contributed by atoms with van der Waals surface area (Å²) in [4.78, 5) is 1.35. The first-order valence-electron chi connectivity index (χ1n) is 6.18. The van der Waals surface area contributed by atoms with Crippen molar-refractivity contribution in [1.29, 1.82) is 0 Å². The van der Waals surface area contributed by atoms with E-state index in [0.29, 0.717) is 6.42 Å². The molecule has 0 aromatic carbocycles. The first-order valence-corrected chi connectivity index (χ1v) is 8.78. The lowest BCUT2D eigenvalue weighted by Crippen LogP contribution is -2.16. The topological polar surface area (TPSA) is 69.4 Å². The average Bonchev–Trinajstić information content (AvgIpc) is 2.78. The van der Waals surface area contributed by atoms with E-state index in [4.69, 9.17) is 9.88 Å². The Morgan fingerprint density at radius 3 is 2.61 bits per heavy atom. The Morgan fingerprint density at radius 2 is 1.94 bits per heavy atom. The number of thiophene rings is 1. The van der Waals surface area contributed by atoms with Crippen LogP contribution in [0, 0.1) is 0 Å². The Morgan fingerprint density at radius 1 is 1.17 bits per heavy atom. The van der Waals surface area contributed by atoms with Gasteiger partial charge in [-0.2, -0.15) is 0 Å². The summed E-state index contributed by atoms with van der Waals surface area (Å²) in [5, 5.41) is 6.98. The van der Waals surface area contributed by atoms with E-state index < -0.39 is 10.0 Å². The summed E-state index contributed by atoms with van der Waals surface area (Å²) in [6.07, 6.45) is 4.49. The molecule has 0 unspecified atom stereocenters. The third kappa shape index (κ3) is 8.63. The SMILES string of the molecule is NS(=O)(=O)CCCCCCOCCc1cccs1. The van der Waals surface area contributed by atoms with Crippen LogP contribution in [0.5, 0.6) is 0 Å². The number of ether oxygens (including phenoxy) is 1. The van der Waals surface area contributed by atoms with E-state index >= 15 is 0 Å². The van der Waals surface area contributed by atoms with Crippen LogP contribution in [-0.4, -0.2) is 27.4 Å². The zero-order valence-corrected chi connectivity index (χ0v) is 12.1. The Hall–Kier alpha value is -0.430. The number of nitrogens with two attached hydrogens (primary N) is 1. The van der Waals surface area contributed by atoms with E-state index in [9.17, 15) is 8.42 Å². The highest BCUT2D eigenvalue weighted by atomic mass is 32.2. The minimum Gasteiger partial charge on any atom is -0.381 e. The minimum atomic E-state index is -3.28. The molecule has 1 rings (SSSR count). The molecule has 0 radical (unpaired) electrons. The fourth-order valence-corrected chi connectivity index (χ4v) is 2.89. The predicted octanol–water partition coefficient (Wildman–Crippen LogP) is 2.16. The standard InChI is InChI=1S/C12H21NO3S2/c13-18(14,15)11-4-2-1-3-8-16-9-7-12-6-5-10-17-12/h5-6,10H,1-4,7-9,11H2,(H2,13,14,15). The molecule has 0 fully saturated rings. The summed E-state index contributed by atoms with van der Waals surface area (Å²) in [6, 6.07) is 4.16. The Balaban J connectivity index is 1.84. The summed E-state index contributed by atoms with van der Waals surface area (Å²) in [5.41, 5.74) is 0. The van der Waals surface area contributed by atoms with E-state index in [0.717, 1.165) is 38.9 Å². The first-order chi connectivity index (χ1) is 8.58. The van der Waals surface area contributed by atoms with Gasteiger partial charge in [0, 0.05) is 17.9 Å². The molecule has 1 heterocycles. The number of hydrogen-bond acceptors (Lipinski definition) is 4. The number of unbranched alkanes of at least 4 members (excludes halogenated alkanes) is 3. The molecule has 0 saturated carbocycles. The smallest absolute Gasteiger partial charge is 0.209 e. The maximum Gasteiger partial charge on any atom is 0.209 e. The molecule has 18 heavy (non-hydrogen) atoms. The van der Waals surface area contributed by atoms with Gasteiger partial charge in [0.2, 0.25) is 10.0 Å². The molecule has 0 amide bonds. The van der Waals surface area contributed by atoms with Crippen molar-refractivity contribution in [1.82, 2.24) is 0 Å². The van der Waals surface area contributed by atoms with Gasteiger partial charge >= 0.3 is 0 Å². The van der Waals surface area contributed by atoms with Gasteiger partial charge in [0.05, 0.1) is 12.4 Å². The molecule has 4 nitrogen and oxygen atoms in total. The summed E-state index contributed by atoms with van der Waals surface area (Å²) in [5.74, 6) is 0.0895. The molecule has 104 valence electrons. The Bertz CT molecular complexity index is 401. The minimum absolute atomic E-state index is 0.0895. The monoisotopic (exact) mass is 291 g/mol. The summed E-state index contributed by atoms with van der Waals surface area (Å²) >= 11 is 1.75. The van der Waals surface area contributed by atoms with Gasteiger partial charge in [0.1, 0.15) is 0 Å². The molecule has 0 saturated heterocycles. The van der Waals surface area contributed by atoms with Crippen molar-refractivity contribution in [3.63, 3.8) is 0 Å². The molecular weight excluding hydrogens is 270 g/mol. The second-order valence-corrected chi connectivity index (χ2v) is 6.99. The normalized spacial score (nSPS) is 11.8. The zero-order valence-electron chi connectivity index (χ0n) is 10.5. The maximum absolute atomic E-state index is 10.7. The van der Waals surface area contributed by atoms with Crippen molar-refractivity contribution in [3.8, 4) is 0 Å². The Labute approximate surface area is 113 Å². The van der Waals surface area contributed by atoms with Crippen molar-refractivity contribution >= 4 is 21.4 Å². The highest BCUT2D eigenvalue weighted by molar-refractivity contribution is 7.89. The van der Waals surface area contributed by atoms with Crippen LogP contribution < -0.4 is 5.14 Å². The van der Waals surface area contributed by atoms with Crippen LogP contribution in [0.2, 0.25) is 0 Å². The van der Waals surface area contributed by atoms with Gasteiger partial charge in [0.25, 0.3) is 0 Å². The zero-order chi connectivity index (χ0) is 13.3. The van der Waals surface area contributed by atoms with Crippen LogP contribution in [0.3, 0.4) is 0 Å². The van der Waals surface area contributed by atoms with Gasteiger partial charge in [-0.15, -0.1) is 11.3 Å². The fraction of sp³-hybridized carbons (Fsp3) is 0.667. The summed E-state index contributed by atoms with van der Waals surface area (Å²) < 4.78 is 26.9. The van der Waals surface area contributed by atoms with Crippen molar-refractivity contribution in [2.45, 2.75) is 32.1 Å². The van der Waals surface area contributed by atoms with Crippen LogP contribution in [0.4, 0.5) is 0 Å². The fourth-order valence-electron chi connectivity index (χ4n) is 1.59. The quantitative estimate of drug-likeness (QED) is 0.672. The van der Waals surface area contributed by atoms with Gasteiger partial charge < -0.3 is 4.74 Å². The third-order valence-electron chi connectivity index (χ3n) is 2.54. The number of hydrogen-bond donors (Lipinski definition) is 1. The van der Waals surface area contributed by atoms with E-state index in [2.05, 4.69) is 11.4 Å². The highest BCUT2D eigenvalue weighted by Crippen LogP contribution is 2.09. The average molecular weight is 291 g/mol. The van der Waals surface area contributed by atoms with Gasteiger partial charge in [-0.1, -0.05) is 18.9 Å². The molecule has 0 atom stereocenters. The van der Waals surface area contributed by atoms with Crippen LogP contribution >= 0.6 is 11.3 Å². The van der Waals surface area contributed by atoms with E-state index in [1.54, 1.807) is 11.3 Å². The molecule has 6 heteroatoms. The van der Waals surface area contributed by atoms with Crippen LogP contribution in [0.15, 0.2) is 17.5 Å². The van der Waals surface area contributed by atoms with Crippen LogP contribution in [-0.2, 0) is 21.2 Å². The molecular formula is C12H21NO3S2. The van der Waals surface area contributed by atoms with Gasteiger partial charge in [0.15, 0.2) is 0 Å². The predicted molar refractivity (Wildman–Crippen MR) is 75.3 cm³/mol. The number of rotatable bonds is 10. The lowest BCUT2D eigenvalue weighted by Gasteiger charge is -2.03. The molecule has 0 aliphatic carbocycles. The van der Waals surface area contributed by atoms with Crippen LogP contribution in [0.25, 0.3) is 0 Å². The van der Waals surface area contributed by atoms with E-state index in [1.807, 2.05) is 6.07 Å². The largest absolute Gasteiger partial charge is 0.381 e. The molecule has 0 aliphatic heterocycles. The molecule has 1 aromatic rings. The second-order valence-electron chi connectivity index (χ2n) is 4.22. The van der Waals surface area contributed by atoms with Crippen molar-refractivity contribution in [2.75, 3.05) is 19.0 Å². The molecule has 2 N–H and O–H groups in total. The van der Waals surface area contributed by atoms with Gasteiger partial charge in [-0.05, 0) is 24.3 Å². The molecule has 1 aromatic heterocycles. The third-order valence-corrected chi connectivity index (χ3v) is 4.33. The van der Waals surface area contributed by atoms with Crippen molar-refractivity contribution in [2.24, 2.45) is 5.14 Å². The maximum atomic E-state index is 10.7. The van der Waals surface area contributed by atoms with E-state index in [-0.39, 0.29) is 5.75 Å². The van der Waals surface area contributed by atoms with Gasteiger partial charge in [-0.3, -0.25) is 0 Å². The van der Waals surface area contributed by atoms with E-state index in [1.165, 1.54) is 4.88 Å². The molecule has 0 spiro atoms. The van der Waals surface area contributed by atoms with Crippen molar-refractivity contribution in [3.05, 3.63) is 22.4 Å². The number of sulfonamides is 1. The summed E-state index contributed by atoms with van der Waals surface area (Å²) in [7, 11) is -3.28. The molecule has 0 aliphatic rings. The summed E-state index contributed by atoms with van der Waals surface area (Å²) in [6.45, 7) is 1.51. The second kappa shape index (κ2) is 8.63. The molecule has 0 bridgehead atoms. The van der Waals surface area contributed by atoms with Crippen LogP contribution in [0.1, 0.15) is 30.6 Å². The Kier molecular flexibility index (Phi) is 7.50. The highest BCUT2D eigenvalue weighted by Gasteiger charge is 2.01. The lowest BCUT2D eigenvalue weighted by molar-refractivity contribution is 0.133. The van der Waals surface area contributed by atoms with Gasteiger partial charge in [-0.25, -0.2) is 13.6 Å². The first kappa shape index (κ1) is 15.6. The lowest BCUT2D eigenvalue weighted by atomic mass is 10.2. The number of primary sulfonamides is 1. The van der Waals surface area contributed by atoms with Crippen molar-refractivity contribution < 1.29 is 13.2 Å².